The van der Waals surface area contributed by atoms with Gasteiger partial charge in [-0.25, -0.2) is 14.6 Å². The van der Waals surface area contributed by atoms with Crippen molar-refractivity contribution in [2.24, 2.45) is 0 Å². The van der Waals surface area contributed by atoms with Gasteiger partial charge in [0.1, 0.15) is 12.0 Å². The van der Waals surface area contributed by atoms with Gasteiger partial charge in [0, 0.05) is 61.8 Å². The predicted molar refractivity (Wildman–Crippen MR) is 141 cm³/mol. The van der Waals surface area contributed by atoms with E-state index >= 15 is 0 Å². The van der Waals surface area contributed by atoms with Crippen LogP contribution in [0.3, 0.4) is 0 Å². The molecule has 2 aromatic carbocycles. The quantitative estimate of drug-likeness (QED) is 0.336. The lowest BCUT2D eigenvalue weighted by atomic mass is 9.95. The maximum Gasteiger partial charge on any atom is 0.416 e. The highest BCUT2D eigenvalue weighted by Crippen LogP contribution is 2.37. The van der Waals surface area contributed by atoms with Crippen LogP contribution in [0, 0.1) is 13.8 Å². The summed E-state index contributed by atoms with van der Waals surface area (Å²) in [6.45, 7) is 6.07. The SMILES string of the molecule is Cc1ccc(CC(=O)c2cc(N3CCN(C)CC3)c(C)c(C(F)(F)F)c2)cc1-n1cc(-c2cncnc2)nn1. The van der Waals surface area contributed by atoms with Gasteiger partial charge in [0.2, 0.25) is 0 Å². The molecule has 4 aromatic rings. The molecule has 5 rings (SSSR count). The van der Waals surface area contributed by atoms with Crippen LogP contribution in [0.4, 0.5) is 18.9 Å². The molecule has 0 amide bonds. The van der Waals surface area contributed by atoms with Crippen molar-refractivity contribution in [3.8, 4) is 16.9 Å². The van der Waals surface area contributed by atoms with Gasteiger partial charge in [-0.2, -0.15) is 13.2 Å². The van der Waals surface area contributed by atoms with Crippen molar-refractivity contribution >= 4 is 11.5 Å². The second kappa shape index (κ2) is 10.6. The van der Waals surface area contributed by atoms with Crippen molar-refractivity contribution in [3.63, 3.8) is 0 Å². The molecule has 11 heteroatoms. The van der Waals surface area contributed by atoms with Crippen LogP contribution >= 0.6 is 0 Å². The van der Waals surface area contributed by atoms with Crippen molar-refractivity contribution < 1.29 is 18.0 Å². The average molecular weight is 536 g/mol. The van der Waals surface area contributed by atoms with E-state index in [2.05, 4.69) is 25.2 Å². The number of alkyl halides is 3. The molecule has 0 N–H and O–H groups in total. The summed E-state index contributed by atoms with van der Waals surface area (Å²) in [5.74, 6) is -0.383. The number of hydrogen-bond acceptors (Lipinski definition) is 7. The third-order valence-corrected chi connectivity index (χ3v) is 7.09. The van der Waals surface area contributed by atoms with E-state index in [0.29, 0.717) is 41.3 Å². The average Bonchev–Trinajstić information content (AvgIpc) is 3.40. The Bertz CT molecular complexity index is 1490. The Morgan fingerprint density at radius 2 is 1.69 bits per heavy atom. The predicted octanol–water partition coefficient (Wildman–Crippen LogP) is 4.54. The van der Waals surface area contributed by atoms with E-state index in [1.165, 1.54) is 13.3 Å². The topological polar surface area (TPSA) is 80.0 Å². The molecule has 8 nitrogen and oxygen atoms in total. The molecule has 0 bridgehead atoms. The van der Waals surface area contributed by atoms with Gasteiger partial charge in [0.05, 0.1) is 17.4 Å². The first-order valence-corrected chi connectivity index (χ1v) is 12.6. The number of hydrogen-bond donors (Lipinski definition) is 0. The Kier molecular flexibility index (Phi) is 7.17. The third-order valence-electron chi connectivity index (χ3n) is 7.09. The first-order chi connectivity index (χ1) is 18.6. The van der Waals surface area contributed by atoms with Crippen LogP contribution in [-0.4, -0.2) is 68.9 Å². The van der Waals surface area contributed by atoms with Gasteiger partial charge in [0.15, 0.2) is 5.78 Å². The monoisotopic (exact) mass is 535 g/mol. The minimum Gasteiger partial charge on any atom is -0.369 e. The molecular formula is C28H28F3N7O. The molecule has 39 heavy (non-hydrogen) atoms. The van der Waals surface area contributed by atoms with Crippen LogP contribution in [-0.2, 0) is 12.6 Å². The summed E-state index contributed by atoms with van der Waals surface area (Å²) in [5.41, 5.74) is 3.47. The van der Waals surface area contributed by atoms with Gasteiger partial charge in [0.25, 0.3) is 0 Å². The molecule has 0 atom stereocenters. The molecule has 0 aliphatic carbocycles. The minimum absolute atomic E-state index is 0.0517. The number of piperazine rings is 1. The van der Waals surface area contributed by atoms with E-state index in [0.717, 1.165) is 24.7 Å². The molecule has 0 spiro atoms. The van der Waals surface area contributed by atoms with Crippen molar-refractivity contribution in [2.45, 2.75) is 26.4 Å². The number of halogens is 3. The van der Waals surface area contributed by atoms with Crippen LogP contribution in [0.25, 0.3) is 16.9 Å². The molecule has 1 aliphatic heterocycles. The maximum absolute atomic E-state index is 14.0. The zero-order chi connectivity index (χ0) is 27.7. The highest BCUT2D eigenvalue weighted by atomic mass is 19.4. The molecule has 2 aromatic heterocycles. The summed E-state index contributed by atoms with van der Waals surface area (Å²) in [5, 5.41) is 8.40. The molecule has 1 fully saturated rings. The molecule has 0 unspecified atom stereocenters. The number of carbonyl (C=O) groups is 1. The van der Waals surface area contributed by atoms with Crippen LogP contribution in [0.2, 0.25) is 0 Å². The van der Waals surface area contributed by atoms with E-state index in [1.807, 2.05) is 31.0 Å². The van der Waals surface area contributed by atoms with E-state index in [1.54, 1.807) is 35.4 Å². The second-order valence-electron chi connectivity index (χ2n) is 9.85. The number of likely N-dealkylation sites (N-methyl/N-ethyl adjacent to an activating group) is 1. The summed E-state index contributed by atoms with van der Waals surface area (Å²) < 4.78 is 43.5. The number of ketones is 1. The molecule has 202 valence electrons. The van der Waals surface area contributed by atoms with E-state index in [4.69, 9.17) is 0 Å². The zero-order valence-electron chi connectivity index (χ0n) is 21.9. The number of anilines is 1. The minimum atomic E-state index is -4.56. The Morgan fingerprint density at radius 1 is 0.974 bits per heavy atom. The lowest BCUT2D eigenvalue weighted by Gasteiger charge is -2.35. The highest BCUT2D eigenvalue weighted by molar-refractivity contribution is 5.99. The van der Waals surface area contributed by atoms with Crippen LogP contribution in [0.1, 0.15) is 32.6 Å². The Morgan fingerprint density at radius 3 is 2.38 bits per heavy atom. The van der Waals surface area contributed by atoms with Gasteiger partial charge in [-0.3, -0.25) is 4.79 Å². The summed E-state index contributed by atoms with van der Waals surface area (Å²) in [6.07, 6.45) is 1.83. The first kappa shape index (κ1) is 26.5. The van der Waals surface area contributed by atoms with Crippen LogP contribution < -0.4 is 4.90 Å². The molecule has 1 saturated heterocycles. The van der Waals surface area contributed by atoms with Gasteiger partial charge in [-0.15, -0.1) is 5.10 Å². The number of carbonyl (C=O) groups excluding carboxylic acids is 1. The van der Waals surface area contributed by atoms with Crippen molar-refractivity contribution in [3.05, 3.63) is 83.1 Å². The van der Waals surface area contributed by atoms with Gasteiger partial charge >= 0.3 is 6.18 Å². The Balaban J connectivity index is 1.44. The highest BCUT2D eigenvalue weighted by Gasteiger charge is 2.35. The smallest absolute Gasteiger partial charge is 0.369 e. The zero-order valence-corrected chi connectivity index (χ0v) is 21.9. The Hall–Kier alpha value is -4.12. The number of aryl methyl sites for hydroxylation is 1. The normalized spacial score (nSPS) is 14.6. The number of Topliss-reactive ketones (excluding diaryl/α,β-unsaturated/α-hetero) is 1. The third kappa shape index (κ3) is 5.68. The Labute approximate surface area is 224 Å². The standard InChI is InChI=1S/C28H28F3N7O/c1-18-4-5-20(10-25(18)38-16-24(34-35-38)22-14-32-17-33-15-22)11-27(39)21-12-23(28(29,30)31)19(2)26(13-21)37-8-6-36(3)7-9-37/h4-5,10,12-17H,6-9,11H2,1-3H3. The lowest BCUT2D eigenvalue weighted by molar-refractivity contribution is -0.138. The molecule has 3 heterocycles. The molecular weight excluding hydrogens is 507 g/mol. The van der Waals surface area contributed by atoms with Gasteiger partial charge in [-0.05, 0) is 55.8 Å². The van der Waals surface area contributed by atoms with E-state index < -0.39 is 11.7 Å². The largest absolute Gasteiger partial charge is 0.416 e. The fourth-order valence-corrected chi connectivity index (χ4v) is 4.77. The molecule has 0 saturated carbocycles. The van der Waals surface area contributed by atoms with E-state index in [9.17, 15) is 18.0 Å². The maximum atomic E-state index is 14.0. The van der Waals surface area contributed by atoms with Crippen molar-refractivity contribution in [1.82, 2.24) is 29.9 Å². The lowest BCUT2D eigenvalue weighted by Crippen LogP contribution is -2.45. The molecule has 1 aliphatic rings. The summed E-state index contributed by atoms with van der Waals surface area (Å²) >= 11 is 0. The number of aromatic nitrogens is 5. The summed E-state index contributed by atoms with van der Waals surface area (Å²) in [7, 11) is 1.98. The van der Waals surface area contributed by atoms with Crippen molar-refractivity contribution in [2.75, 3.05) is 38.1 Å². The fraction of sp³-hybridized carbons (Fsp3) is 0.321. The summed E-state index contributed by atoms with van der Waals surface area (Å²) in [6, 6.07) is 8.07. The number of nitrogens with zero attached hydrogens (tertiary/aromatic N) is 7. The summed E-state index contributed by atoms with van der Waals surface area (Å²) in [4.78, 5) is 25.4. The number of rotatable bonds is 6. The van der Waals surface area contributed by atoms with E-state index in [-0.39, 0.29) is 23.3 Å². The second-order valence-corrected chi connectivity index (χ2v) is 9.85. The number of benzene rings is 2. The van der Waals surface area contributed by atoms with Crippen molar-refractivity contribution in [1.29, 1.82) is 0 Å². The van der Waals surface area contributed by atoms with Crippen LogP contribution in [0.5, 0.6) is 0 Å². The van der Waals surface area contributed by atoms with Crippen LogP contribution in [0.15, 0.2) is 55.2 Å². The fourth-order valence-electron chi connectivity index (χ4n) is 4.77. The first-order valence-electron chi connectivity index (χ1n) is 12.6. The van der Waals surface area contributed by atoms with Gasteiger partial charge < -0.3 is 9.80 Å². The van der Waals surface area contributed by atoms with Gasteiger partial charge in [-0.1, -0.05) is 17.3 Å². The molecule has 0 radical (unpaired) electrons.